The lowest BCUT2D eigenvalue weighted by atomic mass is 9.95. The van der Waals surface area contributed by atoms with Crippen molar-refractivity contribution in [2.45, 2.75) is 45.6 Å². The van der Waals surface area contributed by atoms with Crippen LogP contribution in [-0.2, 0) is 20.9 Å². The molecule has 0 radical (unpaired) electrons. The molecule has 0 bridgehead atoms. The van der Waals surface area contributed by atoms with Crippen LogP contribution in [0.4, 0.5) is 5.69 Å². The van der Waals surface area contributed by atoms with Crippen LogP contribution in [0.25, 0.3) is 0 Å². The van der Waals surface area contributed by atoms with Crippen LogP contribution in [-0.4, -0.2) is 42.3 Å². The van der Waals surface area contributed by atoms with Gasteiger partial charge in [0.15, 0.2) is 0 Å². The summed E-state index contributed by atoms with van der Waals surface area (Å²) in [6.07, 6.45) is 2.93. The summed E-state index contributed by atoms with van der Waals surface area (Å²) in [6, 6.07) is 17.0. The minimum Gasteiger partial charge on any atom is -0.493 e. The summed E-state index contributed by atoms with van der Waals surface area (Å²) >= 11 is 0. The van der Waals surface area contributed by atoms with E-state index in [0.29, 0.717) is 51.9 Å². The molecule has 2 N–H and O–H groups in total. The molecule has 7 heteroatoms. The lowest BCUT2D eigenvalue weighted by Crippen LogP contribution is -2.43. The Morgan fingerprint density at radius 1 is 1.00 bits per heavy atom. The highest BCUT2D eigenvalue weighted by molar-refractivity contribution is 5.90. The Morgan fingerprint density at radius 3 is 2.48 bits per heavy atom. The molecule has 7 nitrogen and oxygen atoms in total. The van der Waals surface area contributed by atoms with Gasteiger partial charge in [-0.15, -0.1) is 0 Å². The molecule has 1 fully saturated rings. The molecule has 3 amide bonds. The van der Waals surface area contributed by atoms with Crippen LogP contribution in [0.3, 0.4) is 0 Å². The zero-order valence-electron chi connectivity index (χ0n) is 19.2. The number of hydrogen-bond donors (Lipinski definition) is 2. The number of likely N-dealkylation sites (tertiary alicyclic amines) is 1. The molecule has 176 valence electrons. The van der Waals surface area contributed by atoms with Gasteiger partial charge in [0.05, 0.1) is 13.0 Å². The van der Waals surface area contributed by atoms with Gasteiger partial charge in [-0.3, -0.25) is 14.4 Å². The Hall–Kier alpha value is -3.35. The fourth-order valence-corrected chi connectivity index (χ4v) is 3.87. The van der Waals surface area contributed by atoms with Crippen molar-refractivity contribution in [2.75, 3.05) is 25.0 Å². The van der Waals surface area contributed by atoms with Crippen molar-refractivity contribution >= 4 is 23.4 Å². The molecule has 1 aliphatic rings. The Morgan fingerprint density at radius 2 is 1.76 bits per heavy atom. The van der Waals surface area contributed by atoms with Crippen LogP contribution in [0, 0.1) is 5.92 Å². The molecule has 1 aliphatic heterocycles. The van der Waals surface area contributed by atoms with E-state index in [9.17, 15) is 14.4 Å². The lowest BCUT2D eigenvalue weighted by Gasteiger charge is -2.31. The third-order valence-electron chi connectivity index (χ3n) is 5.70. The van der Waals surface area contributed by atoms with Gasteiger partial charge in [-0.05, 0) is 49.1 Å². The van der Waals surface area contributed by atoms with E-state index >= 15 is 0 Å². The van der Waals surface area contributed by atoms with Gasteiger partial charge in [-0.1, -0.05) is 37.3 Å². The van der Waals surface area contributed by atoms with Gasteiger partial charge in [0.1, 0.15) is 5.75 Å². The van der Waals surface area contributed by atoms with E-state index < -0.39 is 0 Å². The standard InChI is InChI=1S/C26H33N3O4/c1-2-7-24(30)28-22-9-6-8-20(18-22)19-27-26(32)21-12-15-29(16-13-21)25(31)14-17-33-23-10-4-3-5-11-23/h3-6,8-11,18,21H,2,7,12-17,19H2,1H3,(H,27,32)(H,28,30). The number of carbonyl (C=O) groups excluding carboxylic acids is 3. The molecule has 33 heavy (non-hydrogen) atoms. The van der Waals surface area contributed by atoms with Gasteiger partial charge in [-0.25, -0.2) is 0 Å². The summed E-state index contributed by atoms with van der Waals surface area (Å²) in [4.78, 5) is 38.7. The number of benzene rings is 2. The first-order valence-electron chi connectivity index (χ1n) is 11.7. The van der Waals surface area contributed by atoms with Crippen LogP contribution < -0.4 is 15.4 Å². The molecule has 0 aliphatic carbocycles. The maximum Gasteiger partial charge on any atom is 0.225 e. The first kappa shape index (κ1) is 24.3. The number of carbonyl (C=O) groups is 3. The predicted octanol–water partition coefficient (Wildman–Crippen LogP) is 3.75. The van der Waals surface area contributed by atoms with E-state index in [0.717, 1.165) is 23.4 Å². The third-order valence-corrected chi connectivity index (χ3v) is 5.70. The molecule has 3 rings (SSSR count). The Balaban J connectivity index is 1.37. The fraction of sp³-hybridized carbons (Fsp3) is 0.423. The normalized spacial score (nSPS) is 13.9. The molecule has 0 aromatic heterocycles. The number of piperidine rings is 1. The zero-order valence-corrected chi connectivity index (χ0v) is 19.2. The van der Waals surface area contributed by atoms with E-state index in [1.807, 2.05) is 66.4 Å². The molecule has 2 aromatic carbocycles. The van der Waals surface area contributed by atoms with E-state index in [-0.39, 0.29) is 23.6 Å². The summed E-state index contributed by atoms with van der Waals surface area (Å²) < 4.78 is 5.61. The SMILES string of the molecule is CCCC(=O)Nc1cccc(CNC(=O)C2CCN(C(=O)CCOc3ccccc3)CC2)c1. The largest absolute Gasteiger partial charge is 0.493 e. The number of amides is 3. The minimum atomic E-state index is -0.0953. The summed E-state index contributed by atoms with van der Waals surface area (Å²) in [5.74, 6) is 0.727. The summed E-state index contributed by atoms with van der Waals surface area (Å²) in [5, 5.41) is 5.87. The quantitative estimate of drug-likeness (QED) is 0.576. The number of anilines is 1. The molecule has 0 unspecified atom stereocenters. The number of rotatable bonds is 10. The third kappa shape index (κ3) is 7.93. The second-order valence-electron chi connectivity index (χ2n) is 8.28. The van der Waals surface area contributed by atoms with Crippen molar-refractivity contribution in [1.82, 2.24) is 10.2 Å². The van der Waals surface area contributed by atoms with Crippen molar-refractivity contribution in [1.29, 1.82) is 0 Å². The first-order chi connectivity index (χ1) is 16.0. The number of para-hydroxylation sites is 1. The van der Waals surface area contributed by atoms with Crippen LogP contribution in [0.5, 0.6) is 5.75 Å². The van der Waals surface area contributed by atoms with E-state index in [1.165, 1.54) is 0 Å². The second-order valence-corrected chi connectivity index (χ2v) is 8.28. The highest BCUT2D eigenvalue weighted by atomic mass is 16.5. The number of hydrogen-bond acceptors (Lipinski definition) is 4. The number of nitrogens with zero attached hydrogens (tertiary/aromatic N) is 1. The number of ether oxygens (including phenoxy) is 1. The second kappa shape index (κ2) is 12.6. The minimum absolute atomic E-state index is 0.00776. The Kier molecular flexibility index (Phi) is 9.30. The molecule has 1 saturated heterocycles. The van der Waals surface area contributed by atoms with Crippen LogP contribution in [0.2, 0.25) is 0 Å². The fourth-order valence-electron chi connectivity index (χ4n) is 3.87. The average molecular weight is 452 g/mol. The lowest BCUT2D eigenvalue weighted by molar-refractivity contribution is -0.136. The zero-order chi connectivity index (χ0) is 23.5. The van der Waals surface area contributed by atoms with Gasteiger partial charge in [0, 0.05) is 37.7 Å². The maximum absolute atomic E-state index is 12.6. The molecular formula is C26H33N3O4. The van der Waals surface area contributed by atoms with Gasteiger partial charge in [-0.2, -0.15) is 0 Å². The maximum atomic E-state index is 12.6. The van der Waals surface area contributed by atoms with Gasteiger partial charge < -0.3 is 20.3 Å². The Labute approximate surface area is 195 Å². The predicted molar refractivity (Wildman–Crippen MR) is 128 cm³/mol. The van der Waals surface area contributed by atoms with Gasteiger partial charge in [0.2, 0.25) is 17.7 Å². The Bertz CT molecular complexity index is 924. The molecule has 0 spiro atoms. The highest BCUT2D eigenvalue weighted by Crippen LogP contribution is 2.19. The molecule has 2 aromatic rings. The molecule has 0 saturated carbocycles. The van der Waals surface area contributed by atoms with E-state index in [1.54, 1.807) is 0 Å². The molecular weight excluding hydrogens is 418 g/mol. The van der Waals surface area contributed by atoms with E-state index in [4.69, 9.17) is 4.74 Å². The van der Waals surface area contributed by atoms with Crippen molar-refractivity contribution in [3.8, 4) is 5.75 Å². The highest BCUT2D eigenvalue weighted by Gasteiger charge is 2.27. The van der Waals surface area contributed by atoms with Crippen molar-refractivity contribution < 1.29 is 19.1 Å². The summed E-state index contributed by atoms with van der Waals surface area (Å²) in [7, 11) is 0. The first-order valence-corrected chi connectivity index (χ1v) is 11.7. The molecule has 0 atom stereocenters. The van der Waals surface area contributed by atoms with Crippen molar-refractivity contribution in [2.24, 2.45) is 5.92 Å². The smallest absolute Gasteiger partial charge is 0.225 e. The van der Waals surface area contributed by atoms with Crippen molar-refractivity contribution in [3.63, 3.8) is 0 Å². The topological polar surface area (TPSA) is 87.7 Å². The van der Waals surface area contributed by atoms with Crippen LogP contribution in [0.1, 0.15) is 44.6 Å². The van der Waals surface area contributed by atoms with Crippen LogP contribution in [0.15, 0.2) is 54.6 Å². The van der Waals surface area contributed by atoms with Crippen molar-refractivity contribution in [3.05, 3.63) is 60.2 Å². The van der Waals surface area contributed by atoms with E-state index in [2.05, 4.69) is 10.6 Å². The summed E-state index contributed by atoms with van der Waals surface area (Å²) in [6.45, 7) is 3.89. The monoisotopic (exact) mass is 451 g/mol. The van der Waals surface area contributed by atoms with Gasteiger partial charge in [0.25, 0.3) is 0 Å². The van der Waals surface area contributed by atoms with Gasteiger partial charge >= 0.3 is 0 Å². The summed E-state index contributed by atoms with van der Waals surface area (Å²) in [5.41, 5.74) is 1.67. The number of nitrogens with one attached hydrogen (secondary N) is 2. The average Bonchev–Trinajstić information content (AvgIpc) is 2.83. The molecule has 1 heterocycles. The van der Waals surface area contributed by atoms with Crippen LogP contribution >= 0.6 is 0 Å².